The van der Waals surface area contributed by atoms with Crippen molar-refractivity contribution in [2.45, 2.75) is 37.5 Å². The summed E-state index contributed by atoms with van der Waals surface area (Å²) in [6.07, 6.45) is 9.08. The van der Waals surface area contributed by atoms with Crippen LogP contribution in [0.5, 0.6) is 0 Å². The minimum Gasteiger partial charge on any atom is -0.395 e. The molecule has 1 atom stereocenters. The van der Waals surface area contributed by atoms with E-state index >= 15 is 0 Å². The van der Waals surface area contributed by atoms with Crippen LogP contribution in [0.25, 0.3) is 0 Å². The Morgan fingerprint density at radius 2 is 2.20 bits per heavy atom. The van der Waals surface area contributed by atoms with Crippen LogP contribution in [-0.2, 0) is 25.3 Å². The monoisotopic (exact) mass is 270 g/mol. The molecule has 0 radical (unpaired) electrons. The lowest BCUT2D eigenvalue weighted by Crippen LogP contribution is -2.35. The van der Waals surface area contributed by atoms with Gasteiger partial charge in [-0.1, -0.05) is 24.3 Å². The number of hydrogen-bond acceptors (Lipinski definition) is 2. The minimum atomic E-state index is -0.0825. The number of imidazole rings is 1. The predicted octanol–water partition coefficient (Wildman–Crippen LogP) is 2.62. The van der Waals surface area contributed by atoms with Gasteiger partial charge in [-0.05, 0) is 36.8 Å². The molecule has 3 heteroatoms. The molecule has 0 bridgehead atoms. The molecule has 1 aliphatic carbocycles. The maximum Gasteiger partial charge on any atom is 0.108 e. The van der Waals surface area contributed by atoms with Gasteiger partial charge in [-0.3, -0.25) is 0 Å². The Hall–Kier alpha value is -1.61. The zero-order valence-electron chi connectivity index (χ0n) is 12.0. The first-order valence-electron chi connectivity index (χ1n) is 7.41. The van der Waals surface area contributed by atoms with Crippen LogP contribution in [-0.4, -0.2) is 21.3 Å². The fraction of sp³-hybridized carbons (Fsp3) is 0.471. The Bertz CT molecular complexity index is 590. The lowest BCUT2D eigenvalue weighted by atomic mass is 9.68. The van der Waals surface area contributed by atoms with E-state index in [0.29, 0.717) is 0 Å². The van der Waals surface area contributed by atoms with Crippen molar-refractivity contribution in [1.82, 2.24) is 9.55 Å². The van der Waals surface area contributed by atoms with E-state index in [1.807, 2.05) is 19.4 Å². The smallest absolute Gasteiger partial charge is 0.108 e. The molecule has 106 valence electrons. The number of aliphatic hydroxyl groups excluding tert-OH is 1. The number of nitrogens with zero attached hydrogens (tertiary/aromatic N) is 2. The molecule has 0 amide bonds. The quantitative estimate of drug-likeness (QED) is 0.927. The third-order valence-corrected chi connectivity index (χ3v) is 4.74. The fourth-order valence-electron chi connectivity index (χ4n) is 3.50. The van der Waals surface area contributed by atoms with Crippen LogP contribution in [0, 0.1) is 0 Å². The van der Waals surface area contributed by atoms with Crippen LogP contribution < -0.4 is 0 Å². The summed E-state index contributed by atoms with van der Waals surface area (Å²) < 4.78 is 2.07. The third kappa shape index (κ3) is 2.27. The Morgan fingerprint density at radius 1 is 1.35 bits per heavy atom. The fourth-order valence-corrected chi connectivity index (χ4v) is 3.50. The van der Waals surface area contributed by atoms with Crippen LogP contribution in [0.2, 0.25) is 0 Å². The maximum atomic E-state index is 10.1. The molecule has 0 spiro atoms. The van der Waals surface area contributed by atoms with E-state index in [-0.39, 0.29) is 12.0 Å². The van der Waals surface area contributed by atoms with Gasteiger partial charge in [-0.15, -0.1) is 0 Å². The second kappa shape index (κ2) is 5.41. The molecule has 20 heavy (non-hydrogen) atoms. The third-order valence-electron chi connectivity index (χ3n) is 4.74. The molecule has 0 aliphatic heterocycles. The predicted molar refractivity (Wildman–Crippen MR) is 79.7 cm³/mol. The normalized spacial score (nSPS) is 21.7. The summed E-state index contributed by atoms with van der Waals surface area (Å²) in [7, 11) is 2.03. The van der Waals surface area contributed by atoms with Crippen molar-refractivity contribution in [3.63, 3.8) is 0 Å². The Morgan fingerprint density at radius 3 is 2.95 bits per heavy atom. The summed E-state index contributed by atoms with van der Waals surface area (Å²) in [6, 6.07) is 8.60. The highest BCUT2D eigenvalue weighted by Gasteiger charge is 2.35. The van der Waals surface area contributed by atoms with Gasteiger partial charge in [0.2, 0.25) is 0 Å². The number of aromatic nitrogens is 2. The first-order valence-corrected chi connectivity index (χ1v) is 7.41. The number of hydrogen-bond donors (Lipinski definition) is 1. The van der Waals surface area contributed by atoms with Crippen molar-refractivity contribution in [2.24, 2.45) is 7.05 Å². The summed E-state index contributed by atoms with van der Waals surface area (Å²) in [4.78, 5) is 4.40. The van der Waals surface area contributed by atoms with E-state index in [1.54, 1.807) is 0 Å². The maximum absolute atomic E-state index is 10.1. The van der Waals surface area contributed by atoms with Gasteiger partial charge in [0, 0.05) is 31.3 Å². The largest absolute Gasteiger partial charge is 0.395 e. The molecule has 2 aromatic rings. The van der Waals surface area contributed by atoms with Crippen molar-refractivity contribution in [1.29, 1.82) is 0 Å². The molecule has 1 aromatic heterocycles. The molecule has 3 rings (SSSR count). The van der Waals surface area contributed by atoms with Crippen molar-refractivity contribution in [3.05, 3.63) is 53.6 Å². The zero-order chi connectivity index (χ0) is 14.0. The number of aliphatic hydroxyl groups is 1. The molecule has 3 nitrogen and oxygen atoms in total. The minimum absolute atomic E-state index is 0.0825. The van der Waals surface area contributed by atoms with Crippen molar-refractivity contribution in [2.75, 3.05) is 6.61 Å². The van der Waals surface area contributed by atoms with Crippen LogP contribution in [0.15, 0.2) is 36.7 Å². The lowest BCUT2D eigenvalue weighted by molar-refractivity contribution is 0.164. The zero-order valence-corrected chi connectivity index (χ0v) is 12.0. The molecule has 0 fully saturated rings. The Balaban J connectivity index is 1.87. The molecular formula is C17H22N2O. The average molecular weight is 270 g/mol. The lowest BCUT2D eigenvalue weighted by Gasteiger charge is -2.38. The Labute approximate surface area is 120 Å². The molecule has 1 N–H and O–H groups in total. The standard InChI is InChI=1S/C17H22N2O/c1-19-12-11-18-16(19)8-10-17(13-20)9-4-6-14-5-2-3-7-15(14)17/h2-3,5,7,11-12,20H,4,6,8-10,13H2,1H3. The van der Waals surface area contributed by atoms with Gasteiger partial charge in [-0.2, -0.15) is 0 Å². The van der Waals surface area contributed by atoms with Gasteiger partial charge < -0.3 is 9.67 Å². The first-order chi connectivity index (χ1) is 9.75. The first kappa shape index (κ1) is 13.4. The van der Waals surface area contributed by atoms with E-state index in [0.717, 1.165) is 37.9 Å². The Kier molecular flexibility index (Phi) is 3.62. The summed E-state index contributed by atoms with van der Waals surface area (Å²) in [5.74, 6) is 1.10. The molecule has 1 aromatic carbocycles. The van der Waals surface area contributed by atoms with E-state index in [1.165, 1.54) is 11.1 Å². The van der Waals surface area contributed by atoms with Crippen molar-refractivity contribution >= 4 is 0 Å². The molecule has 1 aliphatic rings. The summed E-state index contributed by atoms with van der Waals surface area (Å²) in [5.41, 5.74) is 2.68. The van der Waals surface area contributed by atoms with Crippen molar-refractivity contribution in [3.8, 4) is 0 Å². The summed E-state index contributed by atoms with van der Waals surface area (Å²) in [6.45, 7) is 0.231. The number of benzene rings is 1. The van der Waals surface area contributed by atoms with Crippen LogP contribution in [0.4, 0.5) is 0 Å². The van der Waals surface area contributed by atoms with E-state index in [4.69, 9.17) is 0 Å². The van der Waals surface area contributed by atoms with Crippen LogP contribution in [0.1, 0.15) is 36.2 Å². The molecular weight excluding hydrogens is 248 g/mol. The highest BCUT2D eigenvalue weighted by Crippen LogP contribution is 2.40. The molecule has 1 heterocycles. The number of aryl methyl sites for hydroxylation is 3. The van der Waals surface area contributed by atoms with Crippen molar-refractivity contribution < 1.29 is 5.11 Å². The molecule has 0 saturated heterocycles. The van der Waals surface area contributed by atoms with Gasteiger partial charge in [0.05, 0.1) is 6.61 Å². The van der Waals surface area contributed by atoms with E-state index < -0.39 is 0 Å². The highest BCUT2D eigenvalue weighted by molar-refractivity contribution is 5.37. The van der Waals surface area contributed by atoms with E-state index in [9.17, 15) is 5.11 Å². The van der Waals surface area contributed by atoms with Crippen LogP contribution >= 0.6 is 0 Å². The molecule has 1 unspecified atom stereocenters. The topological polar surface area (TPSA) is 38.0 Å². The second-order valence-corrected chi connectivity index (χ2v) is 5.90. The summed E-state index contributed by atoms with van der Waals surface area (Å²) >= 11 is 0. The summed E-state index contributed by atoms with van der Waals surface area (Å²) in [5, 5.41) is 10.1. The van der Waals surface area contributed by atoms with Crippen LogP contribution in [0.3, 0.4) is 0 Å². The van der Waals surface area contributed by atoms with Gasteiger partial charge in [0.15, 0.2) is 0 Å². The SMILES string of the molecule is Cn1ccnc1CCC1(CO)CCCc2ccccc21. The van der Waals surface area contributed by atoms with Gasteiger partial charge in [0.1, 0.15) is 5.82 Å². The molecule has 0 saturated carbocycles. The van der Waals surface area contributed by atoms with Gasteiger partial charge >= 0.3 is 0 Å². The highest BCUT2D eigenvalue weighted by atomic mass is 16.3. The number of fused-ring (bicyclic) bond motifs is 1. The number of rotatable bonds is 4. The average Bonchev–Trinajstić information content (AvgIpc) is 2.90. The van der Waals surface area contributed by atoms with Gasteiger partial charge in [-0.25, -0.2) is 4.98 Å². The van der Waals surface area contributed by atoms with E-state index in [2.05, 4.69) is 33.8 Å². The van der Waals surface area contributed by atoms with Gasteiger partial charge in [0.25, 0.3) is 0 Å². The second-order valence-electron chi connectivity index (χ2n) is 5.90.